The molecule has 0 radical (unpaired) electrons. The third-order valence-corrected chi connectivity index (χ3v) is 4.98. The molecule has 0 aromatic heterocycles. The molecule has 0 saturated heterocycles. The van der Waals surface area contributed by atoms with Gasteiger partial charge in [-0.25, -0.2) is 18.7 Å². The molecule has 192 valence electrons. The van der Waals surface area contributed by atoms with Crippen LogP contribution in [0.2, 0.25) is 0 Å². The Bertz CT molecular complexity index is 1060. The molecule has 0 fully saturated rings. The molecule has 0 spiro atoms. The van der Waals surface area contributed by atoms with Crippen molar-refractivity contribution in [3.8, 4) is 0 Å². The van der Waals surface area contributed by atoms with E-state index < -0.39 is 72.5 Å². The van der Waals surface area contributed by atoms with E-state index in [4.69, 9.17) is 25.0 Å². The normalized spacial score (nSPS) is 12.4. The van der Waals surface area contributed by atoms with Crippen molar-refractivity contribution in [2.75, 3.05) is 38.4 Å². The number of hydrogen-bond donors (Lipinski definition) is 6. The lowest BCUT2D eigenvalue weighted by Crippen LogP contribution is -2.27. The van der Waals surface area contributed by atoms with Crippen LogP contribution in [0.1, 0.15) is 22.3 Å². The summed E-state index contributed by atoms with van der Waals surface area (Å²) in [7, 11) is 0. The van der Waals surface area contributed by atoms with Crippen LogP contribution in [0.15, 0.2) is 29.4 Å². The monoisotopic (exact) mass is 613 g/mol. The van der Waals surface area contributed by atoms with E-state index >= 15 is 8.78 Å². The molecule has 1 atom stereocenters. The molecule has 0 aliphatic rings. The number of hydroxylamine groups is 1. The second kappa shape index (κ2) is 14.2. The van der Waals surface area contributed by atoms with Gasteiger partial charge in [-0.2, -0.15) is 0 Å². The highest BCUT2D eigenvalue weighted by Gasteiger charge is 2.27. The van der Waals surface area contributed by atoms with Crippen molar-refractivity contribution in [2.24, 2.45) is 5.16 Å². The number of halogens is 4. The minimum atomic E-state index is -1.58. The summed E-state index contributed by atoms with van der Waals surface area (Å²) in [5, 5.41) is 42.6. The Morgan fingerprint density at radius 3 is 2.40 bits per heavy atom. The van der Waals surface area contributed by atoms with E-state index in [1.807, 2.05) is 28.1 Å². The fraction of sp³-hybridized carbons (Fsp3) is 0.333. The summed E-state index contributed by atoms with van der Waals surface area (Å²) in [5.41, 5.74) is -0.551. The Labute approximate surface area is 211 Å². The molecule has 0 aliphatic heterocycles. The van der Waals surface area contributed by atoms with Gasteiger partial charge in [0.05, 0.1) is 55.2 Å². The predicted octanol–water partition coefficient (Wildman–Crippen LogP) is 1.56. The average Bonchev–Trinajstić information content (AvgIpc) is 2.83. The summed E-state index contributed by atoms with van der Waals surface area (Å²) in [6, 6.07) is 4.77. The van der Waals surface area contributed by atoms with Crippen molar-refractivity contribution in [1.82, 2.24) is 5.48 Å². The molecule has 0 aliphatic carbocycles. The second-order valence-corrected chi connectivity index (χ2v) is 8.11. The molecular formula is C21H23F3IN3O7. The Balaban J connectivity index is 2.64. The summed E-state index contributed by atoms with van der Waals surface area (Å²) < 4.78 is 45.3. The van der Waals surface area contributed by atoms with E-state index in [9.17, 15) is 14.3 Å². The van der Waals surface area contributed by atoms with E-state index in [1.165, 1.54) is 12.1 Å². The lowest BCUT2D eigenvalue weighted by molar-refractivity contribution is 0.0168. The van der Waals surface area contributed by atoms with Crippen molar-refractivity contribution >= 4 is 45.6 Å². The topological polar surface area (TPSA) is 153 Å². The van der Waals surface area contributed by atoms with Crippen molar-refractivity contribution in [3.63, 3.8) is 0 Å². The maximum absolute atomic E-state index is 15.3. The summed E-state index contributed by atoms with van der Waals surface area (Å²) >= 11 is 1.86. The fourth-order valence-electron chi connectivity index (χ4n) is 2.73. The van der Waals surface area contributed by atoms with Gasteiger partial charge >= 0.3 is 0 Å². The highest BCUT2D eigenvalue weighted by molar-refractivity contribution is 14.1. The van der Waals surface area contributed by atoms with Crippen LogP contribution in [0.5, 0.6) is 0 Å². The Hall–Kier alpha value is -2.50. The first kappa shape index (κ1) is 28.7. The smallest absolute Gasteiger partial charge is 0.277 e. The van der Waals surface area contributed by atoms with E-state index in [0.29, 0.717) is 3.57 Å². The molecule has 6 N–H and O–H groups in total. The van der Waals surface area contributed by atoms with Gasteiger partial charge in [0.15, 0.2) is 11.6 Å². The molecule has 2 aromatic rings. The summed E-state index contributed by atoms with van der Waals surface area (Å²) in [6.45, 7) is -2.24. The molecule has 35 heavy (non-hydrogen) atoms. The lowest BCUT2D eigenvalue weighted by Gasteiger charge is -2.18. The lowest BCUT2D eigenvalue weighted by atomic mass is 9.99. The van der Waals surface area contributed by atoms with E-state index in [0.717, 1.165) is 12.1 Å². The number of anilines is 2. The molecule has 1 unspecified atom stereocenters. The van der Waals surface area contributed by atoms with Gasteiger partial charge in [-0.1, -0.05) is 5.16 Å². The number of amides is 1. The van der Waals surface area contributed by atoms with Gasteiger partial charge in [-0.3, -0.25) is 9.63 Å². The molecule has 10 nitrogen and oxygen atoms in total. The van der Waals surface area contributed by atoms with E-state index in [1.54, 1.807) is 0 Å². The van der Waals surface area contributed by atoms with Crippen molar-refractivity contribution in [1.29, 1.82) is 0 Å². The van der Waals surface area contributed by atoms with E-state index in [2.05, 4.69) is 10.5 Å². The number of nitrogens with one attached hydrogen (secondary N) is 2. The number of carbonyl (C=O) groups is 1. The fourth-order valence-corrected chi connectivity index (χ4v) is 3.18. The maximum atomic E-state index is 15.3. The number of oxime groups is 1. The first-order valence-electron chi connectivity index (χ1n) is 10.1. The van der Waals surface area contributed by atoms with Gasteiger partial charge in [0.25, 0.3) is 5.91 Å². The van der Waals surface area contributed by atoms with Crippen LogP contribution in [0.25, 0.3) is 0 Å². The van der Waals surface area contributed by atoms with Gasteiger partial charge < -0.3 is 30.6 Å². The number of benzene rings is 2. The minimum absolute atomic E-state index is 0.252. The van der Waals surface area contributed by atoms with Crippen LogP contribution in [-0.2, 0) is 9.68 Å². The van der Waals surface area contributed by atoms with Crippen LogP contribution >= 0.6 is 22.6 Å². The third kappa shape index (κ3) is 8.01. The Morgan fingerprint density at radius 1 is 1.06 bits per heavy atom. The zero-order valence-corrected chi connectivity index (χ0v) is 20.3. The minimum Gasteiger partial charge on any atom is -0.394 e. The van der Waals surface area contributed by atoms with Crippen LogP contribution in [0, 0.1) is 21.0 Å². The first-order valence-corrected chi connectivity index (χ1v) is 11.2. The molecule has 2 aromatic carbocycles. The largest absolute Gasteiger partial charge is 0.394 e. The number of carbonyl (C=O) groups excluding carboxylic acids is 1. The number of aliphatic hydroxyl groups excluding tert-OH is 4. The van der Waals surface area contributed by atoms with Gasteiger partial charge in [0, 0.05) is 15.6 Å². The van der Waals surface area contributed by atoms with Crippen molar-refractivity contribution < 1.29 is 48.1 Å². The second-order valence-electron chi connectivity index (χ2n) is 6.86. The highest BCUT2D eigenvalue weighted by Crippen LogP contribution is 2.31. The molecule has 14 heteroatoms. The highest BCUT2D eigenvalue weighted by atomic mass is 127. The summed E-state index contributed by atoms with van der Waals surface area (Å²) in [5.74, 6) is -4.97. The van der Waals surface area contributed by atoms with Gasteiger partial charge in [-0.05, 0) is 46.9 Å². The maximum Gasteiger partial charge on any atom is 0.277 e. The summed E-state index contributed by atoms with van der Waals surface area (Å²) in [4.78, 5) is 22.3. The molecule has 0 saturated carbocycles. The first-order chi connectivity index (χ1) is 16.7. The molecule has 1 amide bonds. The third-order valence-electron chi connectivity index (χ3n) is 4.31. The SMILES string of the molecule is O=C(NOCCO)c1cc(C(CC(O)CO)=NOCCO)c(F)c(F)c1Nc1ccc(I)cc1F. The van der Waals surface area contributed by atoms with Gasteiger partial charge in [0.1, 0.15) is 12.4 Å². The van der Waals surface area contributed by atoms with Crippen LogP contribution in [0.3, 0.4) is 0 Å². The number of rotatable bonds is 13. The van der Waals surface area contributed by atoms with Crippen LogP contribution in [0.4, 0.5) is 24.5 Å². The molecule has 0 bridgehead atoms. The molecule has 2 rings (SSSR count). The Morgan fingerprint density at radius 2 is 1.77 bits per heavy atom. The number of hydrogen-bond acceptors (Lipinski definition) is 9. The van der Waals surface area contributed by atoms with Crippen LogP contribution in [-0.4, -0.2) is 71.2 Å². The zero-order valence-electron chi connectivity index (χ0n) is 18.1. The molecular weight excluding hydrogens is 590 g/mol. The van der Waals surface area contributed by atoms with Crippen molar-refractivity contribution in [3.05, 3.63) is 56.4 Å². The number of aliphatic hydroxyl groups is 4. The zero-order chi connectivity index (χ0) is 26.0. The number of nitrogens with zero attached hydrogens (tertiary/aromatic N) is 1. The van der Waals surface area contributed by atoms with Gasteiger partial charge in [-0.15, -0.1) is 0 Å². The van der Waals surface area contributed by atoms with Crippen molar-refractivity contribution in [2.45, 2.75) is 12.5 Å². The predicted molar refractivity (Wildman–Crippen MR) is 127 cm³/mol. The standard InChI is InChI=1S/C21H23F3IN3O7/c22-15-7-11(25)1-2-16(15)26-20-14(21(33)28-35-6-4-30)9-13(18(23)19(20)24)17(8-12(32)10-31)27-34-5-3-29/h1-2,7,9,12,26,29-32H,3-6,8,10H2,(H,28,33). The van der Waals surface area contributed by atoms with E-state index in [-0.39, 0.29) is 24.6 Å². The average molecular weight is 613 g/mol. The summed E-state index contributed by atoms with van der Waals surface area (Å²) in [6.07, 6.45) is -1.93. The molecule has 0 heterocycles. The Kier molecular flexibility index (Phi) is 11.6. The quantitative estimate of drug-likeness (QED) is 0.0863. The van der Waals surface area contributed by atoms with Crippen LogP contribution < -0.4 is 10.8 Å². The van der Waals surface area contributed by atoms with Gasteiger partial charge in [0.2, 0.25) is 0 Å².